The molecule has 0 bridgehead atoms. The number of hydrogen-bond acceptors (Lipinski definition) is 4. The maximum absolute atomic E-state index is 13.2. The van der Waals surface area contributed by atoms with Crippen LogP contribution in [0.5, 0.6) is 0 Å². The Morgan fingerprint density at radius 2 is 1.96 bits per heavy atom. The molecular weight excluding hydrogens is 318 g/mol. The number of amides is 1. The first-order valence-electron chi connectivity index (χ1n) is 8.19. The summed E-state index contributed by atoms with van der Waals surface area (Å²) in [5.41, 5.74) is -0.483. The molecule has 2 fully saturated rings. The first-order valence-corrected chi connectivity index (χ1v) is 8.19. The van der Waals surface area contributed by atoms with Crippen LogP contribution in [0.15, 0.2) is 18.2 Å². The summed E-state index contributed by atoms with van der Waals surface area (Å²) in [4.78, 5) is 16.1. The highest BCUT2D eigenvalue weighted by Gasteiger charge is 2.39. The average Bonchev–Trinajstić information content (AvgIpc) is 2.94. The van der Waals surface area contributed by atoms with Crippen molar-refractivity contribution in [1.82, 2.24) is 9.80 Å². The number of ether oxygens (including phenoxy) is 1. The van der Waals surface area contributed by atoms with Gasteiger partial charge in [-0.1, -0.05) is 6.07 Å². The van der Waals surface area contributed by atoms with Crippen LogP contribution >= 0.6 is 0 Å². The Morgan fingerprint density at radius 1 is 1.21 bits per heavy atom. The quantitative estimate of drug-likeness (QED) is 0.881. The number of halogens is 2. The Morgan fingerprint density at radius 3 is 2.67 bits per heavy atom. The van der Waals surface area contributed by atoms with Gasteiger partial charge in [-0.05, 0) is 24.1 Å². The summed E-state index contributed by atoms with van der Waals surface area (Å²) in [6, 6.07) is 3.48. The number of morpholine rings is 1. The lowest BCUT2D eigenvalue weighted by molar-refractivity contribution is -0.130. The van der Waals surface area contributed by atoms with Crippen molar-refractivity contribution in [1.29, 1.82) is 0 Å². The lowest BCUT2D eigenvalue weighted by Gasteiger charge is -2.33. The Kier molecular flexibility index (Phi) is 5.12. The molecule has 0 radical (unpaired) electrons. The van der Waals surface area contributed by atoms with Crippen LogP contribution in [0.4, 0.5) is 8.78 Å². The van der Waals surface area contributed by atoms with Crippen LogP contribution < -0.4 is 0 Å². The summed E-state index contributed by atoms with van der Waals surface area (Å²) < 4.78 is 31.5. The van der Waals surface area contributed by atoms with E-state index in [1.165, 1.54) is 6.07 Å². The Balaban J connectivity index is 1.55. The minimum absolute atomic E-state index is 0.00480. The number of hydrogen-bond donors (Lipinski definition) is 1. The summed E-state index contributed by atoms with van der Waals surface area (Å²) in [6.07, 6.45) is 0.526. The molecule has 24 heavy (non-hydrogen) atoms. The van der Waals surface area contributed by atoms with Crippen molar-refractivity contribution in [3.63, 3.8) is 0 Å². The molecule has 0 spiro atoms. The summed E-state index contributed by atoms with van der Waals surface area (Å²) in [5, 5.41) is 10.7. The van der Waals surface area contributed by atoms with Crippen molar-refractivity contribution in [3.05, 3.63) is 35.4 Å². The molecule has 1 aromatic rings. The molecule has 2 saturated heterocycles. The SMILES string of the molecule is O=C(Cc1ccc(F)c(F)c1)N1CC[C@](O)(CN2CCOCC2)C1. The van der Waals surface area contributed by atoms with Crippen LogP contribution in [-0.4, -0.2) is 72.4 Å². The monoisotopic (exact) mass is 340 g/mol. The Labute approximate surface area is 139 Å². The van der Waals surface area contributed by atoms with Crippen molar-refractivity contribution in [2.45, 2.75) is 18.4 Å². The third-order valence-electron chi connectivity index (χ3n) is 4.65. The molecule has 0 unspecified atom stereocenters. The standard InChI is InChI=1S/C17H22F2N2O3/c18-14-2-1-13(9-15(14)19)10-16(22)21-4-3-17(23,12-21)11-20-5-7-24-8-6-20/h1-2,9,23H,3-8,10-12H2/t17-/m0/s1. The van der Waals surface area contributed by atoms with Gasteiger partial charge < -0.3 is 14.7 Å². The first-order chi connectivity index (χ1) is 11.5. The maximum atomic E-state index is 13.2. The number of carbonyl (C=O) groups is 1. The smallest absolute Gasteiger partial charge is 0.227 e. The topological polar surface area (TPSA) is 53.0 Å². The predicted molar refractivity (Wildman–Crippen MR) is 83.5 cm³/mol. The molecule has 0 saturated carbocycles. The fourth-order valence-electron chi connectivity index (χ4n) is 3.31. The van der Waals surface area contributed by atoms with E-state index in [0.717, 1.165) is 25.2 Å². The van der Waals surface area contributed by atoms with E-state index in [-0.39, 0.29) is 18.9 Å². The number of aliphatic hydroxyl groups is 1. The predicted octanol–water partition coefficient (Wildman–Crippen LogP) is 0.803. The lowest BCUT2D eigenvalue weighted by atomic mass is 10.0. The zero-order valence-corrected chi connectivity index (χ0v) is 13.5. The molecule has 2 aliphatic rings. The maximum Gasteiger partial charge on any atom is 0.227 e. The molecule has 5 nitrogen and oxygen atoms in total. The van der Waals surface area contributed by atoms with Crippen LogP contribution in [0.1, 0.15) is 12.0 Å². The van der Waals surface area contributed by atoms with Crippen molar-refractivity contribution >= 4 is 5.91 Å². The number of benzene rings is 1. The number of rotatable bonds is 4. The second kappa shape index (κ2) is 7.13. The highest BCUT2D eigenvalue weighted by molar-refractivity contribution is 5.79. The molecule has 2 aliphatic heterocycles. The molecule has 1 amide bonds. The second-order valence-corrected chi connectivity index (χ2v) is 6.60. The van der Waals surface area contributed by atoms with Crippen molar-refractivity contribution in [2.75, 3.05) is 45.9 Å². The second-order valence-electron chi connectivity index (χ2n) is 6.60. The number of β-amino-alcohol motifs (C(OH)–C–C–N with tert-alkyl or cyclic N) is 1. The van der Waals surface area contributed by atoms with Gasteiger partial charge in [0, 0.05) is 26.2 Å². The van der Waals surface area contributed by atoms with E-state index in [0.29, 0.717) is 38.3 Å². The number of carbonyl (C=O) groups excluding carboxylic acids is 1. The molecule has 1 N–H and O–H groups in total. The molecule has 7 heteroatoms. The van der Waals surface area contributed by atoms with Crippen LogP contribution in [0, 0.1) is 11.6 Å². The first kappa shape index (κ1) is 17.3. The van der Waals surface area contributed by atoms with Gasteiger partial charge in [-0.2, -0.15) is 0 Å². The van der Waals surface area contributed by atoms with Gasteiger partial charge in [-0.3, -0.25) is 9.69 Å². The summed E-state index contributed by atoms with van der Waals surface area (Å²) in [6.45, 7) is 4.15. The third-order valence-corrected chi connectivity index (χ3v) is 4.65. The minimum Gasteiger partial charge on any atom is -0.387 e. The van der Waals surface area contributed by atoms with Crippen LogP contribution in [0.2, 0.25) is 0 Å². The van der Waals surface area contributed by atoms with Crippen LogP contribution in [0.3, 0.4) is 0 Å². The van der Waals surface area contributed by atoms with Gasteiger partial charge in [0.15, 0.2) is 11.6 Å². The van der Waals surface area contributed by atoms with Crippen molar-refractivity contribution in [2.24, 2.45) is 0 Å². The fourth-order valence-corrected chi connectivity index (χ4v) is 3.31. The Hall–Kier alpha value is -1.57. The van der Waals surface area contributed by atoms with Gasteiger partial charge in [0.25, 0.3) is 0 Å². The van der Waals surface area contributed by atoms with Gasteiger partial charge in [0.05, 0.1) is 31.8 Å². The number of nitrogens with zero attached hydrogens (tertiary/aromatic N) is 2. The zero-order valence-electron chi connectivity index (χ0n) is 13.5. The molecular formula is C17H22F2N2O3. The van der Waals surface area contributed by atoms with Crippen LogP contribution in [-0.2, 0) is 16.0 Å². The summed E-state index contributed by atoms with van der Waals surface area (Å²) in [7, 11) is 0. The van der Waals surface area contributed by atoms with E-state index in [2.05, 4.69) is 4.90 Å². The van der Waals surface area contributed by atoms with Gasteiger partial charge in [0.2, 0.25) is 5.91 Å². The van der Waals surface area contributed by atoms with E-state index in [9.17, 15) is 18.7 Å². The van der Waals surface area contributed by atoms with Crippen LogP contribution in [0.25, 0.3) is 0 Å². The van der Waals surface area contributed by atoms with Crippen molar-refractivity contribution in [3.8, 4) is 0 Å². The summed E-state index contributed by atoms with van der Waals surface area (Å²) in [5.74, 6) is -2.06. The molecule has 132 valence electrons. The largest absolute Gasteiger partial charge is 0.387 e. The van der Waals surface area contributed by atoms with Gasteiger partial charge in [-0.15, -0.1) is 0 Å². The molecule has 0 aliphatic carbocycles. The van der Waals surface area contributed by atoms with Gasteiger partial charge >= 0.3 is 0 Å². The highest BCUT2D eigenvalue weighted by atomic mass is 19.2. The van der Waals surface area contributed by atoms with E-state index in [1.54, 1.807) is 4.90 Å². The van der Waals surface area contributed by atoms with E-state index < -0.39 is 17.2 Å². The zero-order chi connectivity index (χ0) is 17.2. The molecule has 3 rings (SSSR count). The van der Waals surface area contributed by atoms with Gasteiger partial charge in [-0.25, -0.2) is 8.78 Å². The number of likely N-dealkylation sites (tertiary alicyclic amines) is 1. The fraction of sp³-hybridized carbons (Fsp3) is 0.588. The minimum atomic E-state index is -0.953. The molecule has 0 aromatic heterocycles. The lowest BCUT2D eigenvalue weighted by Crippen LogP contribution is -2.49. The van der Waals surface area contributed by atoms with E-state index in [1.807, 2.05) is 0 Å². The summed E-state index contributed by atoms with van der Waals surface area (Å²) >= 11 is 0. The molecule has 1 aromatic carbocycles. The Bertz CT molecular complexity index is 607. The average molecular weight is 340 g/mol. The highest BCUT2D eigenvalue weighted by Crippen LogP contribution is 2.24. The molecule has 2 heterocycles. The normalized spacial score (nSPS) is 25.2. The van der Waals surface area contributed by atoms with Gasteiger partial charge in [0.1, 0.15) is 0 Å². The molecule has 1 atom stereocenters. The third kappa shape index (κ3) is 4.09. The van der Waals surface area contributed by atoms with E-state index in [4.69, 9.17) is 4.74 Å². The van der Waals surface area contributed by atoms with E-state index >= 15 is 0 Å². The van der Waals surface area contributed by atoms with Crippen molar-refractivity contribution < 1.29 is 23.4 Å².